The van der Waals surface area contributed by atoms with Gasteiger partial charge in [0, 0.05) is 38.2 Å². The fraction of sp³-hybridized carbons (Fsp3) is 0.400. The number of pyridine rings is 1. The highest BCUT2D eigenvalue weighted by molar-refractivity contribution is 5.77. The van der Waals surface area contributed by atoms with Crippen LogP contribution >= 0.6 is 0 Å². The molecule has 0 aliphatic heterocycles. The van der Waals surface area contributed by atoms with Crippen molar-refractivity contribution in [3.05, 3.63) is 36.0 Å². The zero-order chi connectivity index (χ0) is 14.2. The number of aryl methyl sites for hydroxylation is 1. The molecule has 0 atom stereocenters. The Morgan fingerprint density at radius 3 is 3.14 bits per heavy atom. The summed E-state index contributed by atoms with van der Waals surface area (Å²) in [6.07, 6.45) is 6.89. The molecule has 3 aromatic heterocycles. The number of hydrogen-bond donors (Lipinski definition) is 1. The van der Waals surface area contributed by atoms with E-state index >= 15 is 0 Å². The SMILES string of the molecule is Cn1c(NCCc2cc(C3CC3)on2)nc2ccncc21. The summed E-state index contributed by atoms with van der Waals surface area (Å²) in [6.45, 7) is 0.779. The van der Waals surface area contributed by atoms with Gasteiger partial charge in [0.1, 0.15) is 5.76 Å². The zero-order valence-corrected chi connectivity index (χ0v) is 11.9. The number of fused-ring (bicyclic) bond motifs is 1. The summed E-state index contributed by atoms with van der Waals surface area (Å²) in [4.78, 5) is 8.68. The highest BCUT2D eigenvalue weighted by Gasteiger charge is 2.27. The van der Waals surface area contributed by atoms with Crippen LogP contribution in [0.15, 0.2) is 29.0 Å². The minimum absolute atomic E-state index is 0.617. The van der Waals surface area contributed by atoms with Gasteiger partial charge >= 0.3 is 0 Å². The van der Waals surface area contributed by atoms with Crippen LogP contribution in [0, 0.1) is 0 Å². The second-order valence-electron chi connectivity index (χ2n) is 5.53. The number of aromatic nitrogens is 4. The molecule has 4 rings (SSSR count). The Labute approximate surface area is 122 Å². The number of rotatable bonds is 5. The summed E-state index contributed by atoms with van der Waals surface area (Å²) in [5.41, 5.74) is 2.98. The average molecular weight is 283 g/mol. The molecule has 0 radical (unpaired) electrons. The molecule has 3 aromatic rings. The third-order valence-electron chi connectivity index (χ3n) is 3.90. The first kappa shape index (κ1) is 12.4. The molecule has 0 spiro atoms. The monoisotopic (exact) mass is 283 g/mol. The predicted octanol–water partition coefficient (Wildman–Crippen LogP) is 2.49. The molecule has 0 unspecified atom stereocenters. The first-order valence-corrected chi connectivity index (χ1v) is 7.27. The predicted molar refractivity (Wildman–Crippen MR) is 79.2 cm³/mol. The lowest BCUT2D eigenvalue weighted by Crippen LogP contribution is -2.09. The van der Waals surface area contributed by atoms with Gasteiger partial charge in [-0.25, -0.2) is 4.98 Å². The van der Waals surface area contributed by atoms with Gasteiger partial charge in [0.15, 0.2) is 0 Å². The Morgan fingerprint density at radius 1 is 1.43 bits per heavy atom. The van der Waals surface area contributed by atoms with E-state index in [1.807, 2.05) is 23.9 Å². The summed E-state index contributed by atoms with van der Waals surface area (Å²) >= 11 is 0. The molecule has 0 saturated heterocycles. The maximum absolute atomic E-state index is 5.36. The Morgan fingerprint density at radius 2 is 2.33 bits per heavy atom. The lowest BCUT2D eigenvalue weighted by atomic mass is 10.2. The molecule has 3 heterocycles. The van der Waals surface area contributed by atoms with Crippen LogP contribution in [-0.2, 0) is 13.5 Å². The number of imidazole rings is 1. The van der Waals surface area contributed by atoms with Crippen LogP contribution in [0.1, 0.15) is 30.2 Å². The first-order valence-electron chi connectivity index (χ1n) is 7.27. The molecule has 1 aliphatic carbocycles. The summed E-state index contributed by atoms with van der Waals surface area (Å²) in [5, 5.41) is 7.47. The van der Waals surface area contributed by atoms with Crippen molar-refractivity contribution in [2.24, 2.45) is 7.05 Å². The summed E-state index contributed by atoms with van der Waals surface area (Å²) in [6, 6.07) is 4.00. The molecule has 108 valence electrons. The molecule has 6 heteroatoms. The molecule has 21 heavy (non-hydrogen) atoms. The molecular weight excluding hydrogens is 266 g/mol. The molecule has 1 fully saturated rings. The lowest BCUT2D eigenvalue weighted by Gasteiger charge is -2.04. The normalized spacial score (nSPS) is 14.7. The largest absolute Gasteiger partial charge is 0.361 e. The number of nitrogens with one attached hydrogen (secondary N) is 1. The van der Waals surface area contributed by atoms with Crippen LogP contribution in [0.4, 0.5) is 5.95 Å². The molecule has 1 aliphatic rings. The van der Waals surface area contributed by atoms with E-state index in [-0.39, 0.29) is 0 Å². The van der Waals surface area contributed by atoms with E-state index in [1.165, 1.54) is 12.8 Å². The molecular formula is C15H17N5O. The van der Waals surface area contributed by atoms with Crippen molar-refractivity contribution in [1.82, 2.24) is 19.7 Å². The maximum atomic E-state index is 5.36. The van der Waals surface area contributed by atoms with Gasteiger partial charge in [-0.3, -0.25) is 4.98 Å². The lowest BCUT2D eigenvalue weighted by molar-refractivity contribution is 0.378. The fourth-order valence-electron chi connectivity index (χ4n) is 2.50. The van der Waals surface area contributed by atoms with Gasteiger partial charge < -0.3 is 14.4 Å². The topological polar surface area (TPSA) is 68.8 Å². The summed E-state index contributed by atoms with van der Waals surface area (Å²) < 4.78 is 7.37. The van der Waals surface area contributed by atoms with Gasteiger partial charge in [0.2, 0.25) is 5.95 Å². The van der Waals surface area contributed by atoms with E-state index in [9.17, 15) is 0 Å². The Hall–Kier alpha value is -2.37. The molecule has 1 N–H and O–H groups in total. The Balaban J connectivity index is 1.41. The minimum Gasteiger partial charge on any atom is -0.361 e. The van der Waals surface area contributed by atoms with Crippen LogP contribution < -0.4 is 5.32 Å². The van der Waals surface area contributed by atoms with Crippen LogP contribution in [-0.4, -0.2) is 26.2 Å². The van der Waals surface area contributed by atoms with Gasteiger partial charge in [0.25, 0.3) is 0 Å². The highest BCUT2D eigenvalue weighted by atomic mass is 16.5. The van der Waals surface area contributed by atoms with E-state index < -0.39 is 0 Å². The second-order valence-corrected chi connectivity index (χ2v) is 5.53. The zero-order valence-electron chi connectivity index (χ0n) is 11.9. The Kier molecular flexibility index (Phi) is 2.87. The van der Waals surface area contributed by atoms with Crippen LogP contribution in [0.3, 0.4) is 0 Å². The van der Waals surface area contributed by atoms with Crippen molar-refractivity contribution in [3.63, 3.8) is 0 Å². The molecule has 1 saturated carbocycles. The average Bonchev–Trinajstić information content (AvgIpc) is 3.17. The van der Waals surface area contributed by atoms with Crippen LogP contribution in [0.5, 0.6) is 0 Å². The van der Waals surface area contributed by atoms with Crippen molar-refractivity contribution >= 4 is 17.0 Å². The number of anilines is 1. The number of nitrogens with zero attached hydrogens (tertiary/aromatic N) is 4. The maximum Gasteiger partial charge on any atom is 0.203 e. The van der Waals surface area contributed by atoms with Crippen molar-refractivity contribution in [2.45, 2.75) is 25.2 Å². The van der Waals surface area contributed by atoms with E-state index in [4.69, 9.17) is 4.52 Å². The smallest absolute Gasteiger partial charge is 0.203 e. The minimum atomic E-state index is 0.617. The Bertz CT molecular complexity index is 771. The highest BCUT2D eigenvalue weighted by Crippen LogP contribution is 2.40. The van der Waals surface area contributed by atoms with Gasteiger partial charge in [-0.1, -0.05) is 5.16 Å². The van der Waals surface area contributed by atoms with Gasteiger partial charge in [-0.2, -0.15) is 0 Å². The van der Waals surface area contributed by atoms with Gasteiger partial charge in [-0.15, -0.1) is 0 Å². The molecule has 0 aromatic carbocycles. The third-order valence-corrected chi connectivity index (χ3v) is 3.90. The second kappa shape index (κ2) is 4.87. The first-order chi connectivity index (χ1) is 10.3. The quantitative estimate of drug-likeness (QED) is 0.779. The molecule has 6 nitrogen and oxygen atoms in total. The fourth-order valence-corrected chi connectivity index (χ4v) is 2.50. The summed E-state index contributed by atoms with van der Waals surface area (Å²) in [7, 11) is 1.99. The van der Waals surface area contributed by atoms with E-state index in [1.54, 1.807) is 6.20 Å². The van der Waals surface area contributed by atoms with E-state index in [2.05, 4.69) is 26.5 Å². The van der Waals surface area contributed by atoms with Crippen molar-refractivity contribution in [3.8, 4) is 0 Å². The van der Waals surface area contributed by atoms with E-state index in [0.29, 0.717) is 5.92 Å². The van der Waals surface area contributed by atoms with Crippen molar-refractivity contribution < 1.29 is 4.52 Å². The van der Waals surface area contributed by atoms with Crippen LogP contribution in [0.2, 0.25) is 0 Å². The van der Waals surface area contributed by atoms with Gasteiger partial charge in [-0.05, 0) is 18.9 Å². The molecule has 0 amide bonds. The molecule has 0 bridgehead atoms. The van der Waals surface area contributed by atoms with E-state index in [0.717, 1.165) is 41.4 Å². The number of hydrogen-bond acceptors (Lipinski definition) is 5. The third kappa shape index (κ3) is 2.37. The van der Waals surface area contributed by atoms with Crippen molar-refractivity contribution in [1.29, 1.82) is 0 Å². The van der Waals surface area contributed by atoms with Crippen LogP contribution in [0.25, 0.3) is 11.0 Å². The van der Waals surface area contributed by atoms with Crippen molar-refractivity contribution in [2.75, 3.05) is 11.9 Å². The standard InChI is InChI=1S/C15H17N5O/c1-20-13-9-16-6-5-12(13)18-15(20)17-7-4-11-8-14(21-19-11)10-2-3-10/h5-6,8-10H,2-4,7H2,1H3,(H,17,18). The summed E-state index contributed by atoms with van der Waals surface area (Å²) in [5.74, 6) is 2.51. The van der Waals surface area contributed by atoms with Gasteiger partial charge in [0.05, 0.1) is 22.9 Å².